The molecule has 0 saturated carbocycles. The van der Waals surface area contributed by atoms with Crippen LogP contribution in [0.2, 0.25) is 0 Å². The molecule has 1 aliphatic carbocycles. The molecule has 0 fully saturated rings. The van der Waals surface area contributed by atoms with Crippen LogP contribution in [0.15, 0.2) is 48.5 Å². The van der Waals surface area contributed by atoms with Gasteiger partial charge in [0.05, 0.1) is 0 Å². The van der Waals surface area contributed by atoms with Gasteiger partial charge in [0.2, 0.25) is 5.91 Å². The molecular formula is C27H34N2O5. The van der Waals surface area contributed by atoms with Gasteiger partial charge in [-0.25, -0.2) is 9.59 Å². The summed E-state index contributed by atoms with van der Waals surface area (Å²) in [7, 11) is 0. The van der Waals surface area contributed by atoms with Gasteiger partial charge >= 0.3 is 12.1 Å². The maximum atomic E-state index is 12.6. The van der Waals surface area contributed by atoms with Crippen molar-refractivity contribution in [2.75, 3.05) is 6.61 Å². The lowest BCUT2D eigenvalue weighted by molar-refractivity contribution is -0.143. The number of carbonyl (C=O) groups excluding carboxylic acids is 2. The zero-order valence-electron chi connectivity index (χ0n) is 20.2. The van der Waals surface area contributed by atoms with Gasteiger partial charge in [-0.2, -0.15) is 0 Å². The molecule has 0 aliphatic heterocycles. The van der Waals surface area contributed by atoms with Gasteiger partial charge < -0.3 is 20.5 Å². The molecule has 0 radical (unpaired) electrons. The Hall–Kier alpha value is -3.35. The van der Waals surface area contributed by atoms with Crippen molar-refractivity contribution in [3.8, 4) is 11.1 Å². The Kier molecular flexibility index (Phi) is 8.31. The average Bonchev–Trinajstić information content (AvgIpc) is 3.13. The maximum absolute atomic E-state index is 12.6. The highest BCUT2D eigenvalue weighted by molar-refractivity contribution is 5.84. The van der Waals surface area contributed by atoms with Gasteiger partial charge in [-0.3, -0.25) is 4.79 Å². The van der Waals surface area contributed by atoms with E-state index in [1.54, 1.807) is 6.92 Å². The first kappa shape index (κ1) is 25.3. The van der Waals surface area contributed by atoms with Gasteiger partial charge in [0.1, 0.15) is 12.6 Å². The van der Waals surface area contributed by atoms with Crippen molar-refractivity contribution in [1.29, 1.82) is 0 Å². The van der Waals surface area contributed by atoms with E-state index in [4.69, 9.17) is 4.74 Å². The second kappa shape index (κ2) is 11.2. The molecule has 3 rings (SSSR count). The molecule has 0 heterocycles. The molecule has 0 bridgehead atoms. The van der Waals surface area contributed by atoms with Crippen molar-refractivity contribution in [3.63, 3.8) is 0 Å². The lowest BCUT2D eigenvalue weighted by atomic mass is 9.97. The van der Waals surface area contributed by atoms with E-state index in [0.29, 0.717) is 6.42 Å². The van der Waals surface area contributed by atoms with Crippen molar-refractivity contribution < 1.29 is 24.2 Å². The number of nitrogens with one attached hydrogen (secondary N) is 2. The Morgan fingerprint density at radius 2 is 1.50 bits per heavy atom. The predicted molar refractivity (Wildman–Crippen MR) is 130 cm³/mol. The van der Waals surface area contributed by atoms with Gasteiger partial charge in [0.15, 0.2) is 0 Å². The minimum atomic E-state index is -1.06. The molecule has 2 amide bonds. The number of amides is 2. The first-order valence-electron chi connectivity index (χ1n) is 11.9. The monoisotopic (exact) mass is 466 g/mol. The molecule has 0 spiro atoms. The lowest BCUT2D eigenvalue weighted by Gasteiger charge is -2.25. The third-order valence-corrected chi connectivity index (χ3v) is 6.65. The Morgan fingerprint density at radius 1 is 0.941 bits per heavy atom. The summed E-state index contributed by atoms with van der Waals surface area (Å²) in [5, 5.41) is 14.8. The second-order valence-electron chi connectivity index (χ2n) is 9.29. The highest BCUT2D eigenvalue weighted by Crippen LogP contribution is 2.44. The Labute approximate surface area is 200 Å². The number of alkyl carbamates (subject to hydrolysis) is 1. The lowest BCUT2D eigenvalue weighted by Crippen LogP contribution is -2.48. The largest absolute Gasteiger partial charge is 0.480 e. The summed E-state index contributed by atoms with van der Waals surface area (Å²) < 4.78 is 5.60. The van der Waals surface area contributed by atoms with E-state index in [9.17, 15) is 19.5 Å². The fourth-order valence-electron chi connectivity index (χ4n) is 4.36. The first-order valence-corrected chi connectivity index (χ1v) is 11.9. The molecule has 2 aromatic carbocycles. The van der Waals surface area contributed by atoms with Crippen LogP contribution in [0.3, 0.4) is 0 Å². The van der Waals surface area contributed by atoms with Crippen molar-refractivity contribution in [2.45, 2.75) is 58.5 Å². The van der Waals surface area contributed by atoms with E-state index < -0.39 is 30.1 Å². The van der Waals surface area contributed by atoms with Crippen LogP contribution in [-0.4, -0.2) is 41.8 Å². The van der Waals surface area contributed by atoms with Crippen LogP contribution in [-0.2, 0) is 14.3 Å². The van der Waals surface area contributed by atoms with Crippen molar-refractivity contribution in [2.24, 2.45) is 11.8 Å². The number of carboxylic acids is 1. The van der Waals surface area contributed by atoms with Crippen LogP contribution < -0.4 is 10.6 Å². The fourth-order valence-corrected chi connectivity index (χ4v) is 4.36. The number of hydrogen-bond acceptors (Lipinski definition) is 4. The highest BCUT2D eigenvalue weighted by atomic mass is 16.5. The molecule has 3 atom stereocenters. The Bertz CT molecular complexity index is 990. The summed E-state index contributed by atoms with van der Waals surface area (Å²) in [6.07, 6.45) is 0.00959. The minimum absolute atomic E-state index is 0.0257. The minimum Gasteiger partial charge on any atom is -0.480 e. The van der Waals surface area contributed by atoms with Gasteiger partial charge in [-0.1, -0.05) is 82.6 Å². The van der Waals surface area contributed by atoms with E-state index in [2.05, 4.69) is 34.9 Å². The molecule has 2 aromatic rings. The van der Waals surface area contributed by atoms with Crippen LogP contribution in [0.4, 0.5) is 4.79 Å². The number of carboxylic acid groups (broad SMARTS) is 1. The Balaban J connectivity index is 1.60. The summed E-state index contributed by atoms with van der Waals surface area (Å²) >= 11 is 0. The van der Waals surface area contributed by atoms with E-state index in [0.717, 1.165) is 22.3 Å². The SMILES string of the molecule is CC[C@H](C)[C@H](NC(=O)CC(NC(=O)OCC1c2ccccc2-c2ccccc21)C(C)C)C(=O)O. The number of rotatable bonds is 10. The third kappa shape index (κ3) is 5.76. The number of ether oxygens (including phenoxy) is 1. The molecule has 0 aromatic heterocycles. The van der Waals surface area contributed by atoms with Crippen LogP contribution in [0.1, 0.15) is 57.6 Å². The van der Waals surface area contributed by atoms with Gasteiger partial charge in [0.25, 0.3) is 0 Å². The summed E-state index contributed by atoms with van der Waals surface area (Å²) in [6, 6.07) is 14.8. The van der Waals surface area contributed by atoms with E-state index in [1.807, 2.05) is 45.0 Å². The van der Waals surface area contributed by atoms with E-state index in [1.165, 1.54) is 0 Å². The normalized spacial score (nSPS) is 15.1. The van der Waals surface area contributed by atoms with E-state index >= 15 is 0 Å². The average molecular weight is 467 g/mol. The standard InChI is InChI=1S/C27H34N2O5/c1-5-17(4)25(26(31)32)29-24(30)14-23(16(2)3)28-27(33)34-15-22-20-12-8-6-10-18(20)19-11-7-9-13-21(19)22/h6-13,16-17,22-23,25H,5,14-15H2,1-4H3,(H,28,33)(H,29,30)(H,31,32)/t17-,23?,25-/m0/s1. The molecule has 3 N–H and O–H groups in total. The molecular weight excluding hydrogens is 432 g/mol. The zero-order chi connectivity index (χ0) is 24.8. The number of hydrogen-bond donors (Lipinski definition) is 3. The smallest absolute Gasteiger partial charge is 0.407 e. The number of carbonyl (C=O) groups is 3. The topological polar surface area (TPSA) is 105 Å². The first-order chi connectivity index (χ1) is 16.2. The number of fused-ring (bicyclic) bond motifs is 3. The van der Waals surface area contributed by atoms with Crippen molar-refractivity contribution in [1.82, 2.24) is 10.6 Å². The van der Waals surface area contributed by atoms with Crippen LogP contribution in [0.5, 0.6) is 0 Å². The number of aliphatic carboxylic acids is 1. The Morgan fingerprint density at radius 3 is 2.00 bits per heavy atom. The van der Waals surface area contributed by atoms with Crippen molar-refractivity contribution >= 4 is 18.0 Å². The van der Waals surface area contributed by atoms with Crippen molar-refractivity contribution in [3.05, 3.63) is 59.7 Å². The molecule has 34 heavy (non-hydrogen) atoms. The van der Waals surface area contributed by atoms with Gasteiger partial charge in [-0.15, -0.1) is 0 Å². The van der Waals surface area contributed by atoms with Crippen LogP contribution >= 0.6 is 0 Å². The molecule has 7 nitrogen and oxygen atoms in total. The van der Waals surface area contributed by atoms with Gasteiger partial charge in [0, 0.05) is 18.4 Å². The highest BCUT2D eigenvalue weighted by Gasteiger charge is 2.30. The molecule has 0 saturated heterocycles. The quantitative estimate of drug-likeness (QED) is 0.476. The number of benzene rings is 2. The zero-order valence-corrected chi connectivity index (χ0v) is 20.2. The van der Waals surface area contributed by atoms with Gasteiger partial charge in [-0.05, 0) is 34.1 Å². The summed E-state index contributed by atoms with van der Waals surface area (Å²) in [6.45, 7) is 7.64. The fraction of sp³-hybridized carbons (Fsp3) is 0.444. The summed E-state index contributed by atoms with van der Waals surface area (Å²) in [5.74, 6) is -1.77. The van der Waals surface area contributed by atoms with Crippen LogP contribution in [0.25, 0.3) is 11.1 Å². The van der Waals surface area contributed by atoms with Crippen LogP contribution in [0, 0.1) is 11.8 Å². The predicted octanol–water partition coefficient (Wildman–Crippen LogP) is 4.56. The maximum Gasteiger partial charge on any atom is 0.407 e. The molecule has 7 heteroatoms. The summed E-state index contributed by atoms with van der Waals surface area (Å²) in [4.78, 5) is 36.7. The molecule has 182 valence electrons. The molecule has 1 unspecified atom stereocenters. The van der Waals surface area contributed by atoms with E-state index in [-0.39, 0.29) is 30.8 Å². The third-order valence-electron chi connectivity index (χ3n) is 6.65. The summed E-state index contributed by atoms with van der Waals surface area (Å²) in [5.41, 5.74) is 4.55. The second-order valence-corrected chi connectivity index (χ2v) is 9.29. The molecule has 1 aliphatic rings.